The normalized spacial score (nSPS) is 13.5. The maximum atomic E-state index is 13.8. The van der Waals surface area contributed by atoms with Crippen molar-refractivity contribution in [2.45, 2.75) is 13.0 Å². The Morgan fingerprint density at radius 2 is 1.71 bits per heavy atom. The minimum Gasteiger partial charge on any atom is -0.332 e. The molecule has 6 nitrogen and oxygen atoms in total. The van der Waals surface area contributed by atoms with Crippen LogP contribution in [0.25, 0.3) is 22.3 Å². The zero-order chi connectivity index (χ0) is 21.7. The molecule has 2 aromatic heterocycles. The van der Waals surface area contributed by atoms with Crippen LogP contribution in [0.3, 0.4) is 0 Å². The average Bonchev–Trinajstić information content (AvgIpc) is 3.11. The van der Waals surface area contributed by atoms with E-state index in [0.29, 0.717) is 41.0 Å². The summed E-state index contributed by atoms with van der Waals surface area (Å²) < 4.78 is 42.4. The number of fused-ring (bicyclic) bond motifs is 2. The van der Waals surface area contributed by atoms with E-state index in [1.165, 1.54) is 4.68 Å². The lowest BCUT2D eigenvalue weighted by Gasteiger charge is -2.26. The second kappa shape index (κ2) is 7.19. The first-order valence-electron chi connectivity index (χ1n) is 9.62. The van der Waals surface area contributed by atoms with Crippen molar-refractivity contribution >= 4 is 16.9 Å². The SMILES string of the molecule is Cn1nc2c(c1-c1cc(F)c(F)c(F)c1)CCN(C(=O)c1ccc3nccnc3c1)C2. The third-order valence-corrected chi connectivity index (χ3v) is 5.46. The number of halogens is 3. The molecular weight excluding hydrogens is 407 g/mol. The van der Waals surface area contributed by atoms with Crippen LogP contribution >= 0.6 is 0 Å². The van der Waals surface area contributed by atoms with Gasteiger partial charge in [0.05, 0.1) is 29.0 Å². The minimum atomic E-state index is -1.50. The van der Waals surface area contributed by atoms with Crippen LogP contribution in [0, 0.1) is 17.5 Å². The summed E-state index contributed by atoms with van der Waals surface area (Å²) in [6.45, 7) is 0.669. The molecule has 156 valence electrons. The first-order chi connectivity index (χ1) is 14.9. The number of amides is 1. The van der Waals surface area contributed by atoms with E-state index in [4.69, 9.17) is 0 Å². The van der Waals surface area contributed by atoms with E-state index in [9.17, 15) is 18.0 Å². The lowest BCUT2D eigenvalue weighted by atomic mass is 9.99. The Bertz CT molecular complexity index is 1330. The molecule has 0 saturated heterocycles. The van der Waals surface area contributed by atoms with Gasteiger partial charge in [0.15, 0.2) is 17.5 Å². The molecule has 9 heteroatoms. The molecule has 0 fully saturated rings. The Morgan fingerprint density at radius 1 is 1.00 bits per heavy atom. The lowest BCUT2D eigenvalue weighted by Crippen LogP contribution is -2.36. The highest BCUT2D eigenvalue weighted by atomic mass is 19.2. The van der Waals surface area contributed by atoms with Crippen LogP contribution < -0.4 is 0 Å². The van der Waals surface area contributed by atoms with E-state index in [0.717, 1.165) is 17.7 Å². The van der Waals surface area contributed by atoms with Crippen LogP contribution in [0.1, 0.15) is 21.6 Å². The summed E-state index contributed by atoms with van der Waals surface area (Å²) >= 11 is 0. The molecule has 1 aliphatic rings. The molecule has 1 amide bonds. The summed E-state index contributed by atoms with van der Waals surface area (Å²) in [5, 5.41) is 4.45. The second-order valence-corrected chi connectivity index (χ2v) is 7.39. The highest BCUT2D eigenvalue weighted by molar-refractivity contribution is 5.97. The van der Waals surface area contributed by atoms with Gasteiger partial charge in [-0.25, -0.2) is 13.2 Å². The van der Waals surface area contributed by atoms with Crippen LogP contribution in [0.2, 0.25) is 0 Å². The van der Waals surface area contributed by atoms with Crippen molar-refractivity contribution in [1.82, 2.24) is 24.6 Å². The first-order valence-corrected chi connectivity index (χ1v) is 9.62. The van der Waals surface area contributed by atoms with E-state index in [1.54, 1.807) is 42.5 Å². The molecule has 0 spiro atoms. The maximum Gasteiger partial charge on any atom is 0.254 e. The highest BCUT2D eigenvalue weighted by Gasteiger charge is 2.28. The summed E-state index contributed by atoms with van der Waals surface area (Å²) in [6.07, 6.45) is 3.62. The molecule has 0 bridgehead atoms. The average molecular weight is 423 g/mol. The number of benzene rings is 2. The minimum absolute atomic E-state index is 0.163. The molecule has 3 heterocycles. The van der Waals surface area contributed by atoms with Crippen LogP contribution in [0.15, 0.2) is 42.7 Å². The maximum absolute atomic E-state index is 13.8. The molecule has 2 aromatic carbocycles. The van der Waals surface area contributed by atoms with Gasteiger partial charge < -0.3 is 4.90 Å². The molecule has 4 aromatic rings. The summed E-state index contributed by atoms with van der Waals surface area (Å²) in [7, 11) is 1.65. The number of aryl methyl sites for hydroxylation is 1. The Balaban J connectivity index is 1.46. The molecule has 31 heavy (non-hydrogen) atoms. The third-order valence-electron chi connectivity index (χ3n) is 5.46. The van der Waals surface area contributed by atoms with Crippen molar-refractivity contribution in [1.29, 1.82) is 0 Å². The van der Waals surface area contributed by atoms with Gasteiger partial charge in [0.25, 0.3) is 5.91 Å². The molecule has 0 saturated carbocycles. The number of hydrogen-bond donors (Lipinski definition) is 0. The van der Waals surface area contributed by atoms with Crippen molar-refractivity contribution in [2.75, 3.05) is 6.54 Å². The van der Waals surface area contributed by atoms with Gasteiger partial charge in [0.1, 0.15) is 0 Å². The summed E-state index contributed by atoms with van der Waals surface area (Å²) in [5.74, 6) is -4.17. The fourth-order valence-electron chi connectivity index (χ4n) is 4.03. The van der Waals surface area contributed by atoms with Crippen LogP contribution in [-0.2, 0) is 20.0 Å². The van der Waals surface area contributed by atoms with Gasteiger partial charge in [-0.05, 0) is 36.8 Å². The smallest absolute Gasteiger partial charge is 0.254 e. The van der Waals surface area contributed by atoms with Crippen LogP contribution in [-0.4, -0.2) is 37.1 Å². The molecule has 1 aliphatic heterocycles. The van der Waals surface area contributed by atoms with E-state index < -0.39 is 17.5 Å². The fraction of sp³-hybridized carbons (Fsp3) is 0.182. The Morgan fingerprint density at radius 3 is 2.45 bits per heavy atom. The van der Waals surface area contributed by atoms with Gasteiger partial charge in [-0.15, -0.1) is 0 Å². The summed E-state index contributed by atoms with van der Waals surface area (Å²) in [6, 6.07) is 7.09. The fourth-order valence-corrected chi connectivity index (χ4v) is 4.03. The molecular formula is C22H16F3N5O. The van der Waals surface area contributed by atoms with Crippen LogP contribution in [0.4, 0.5) is 13.2 Å². The van der Waals surface area contributed by atoms with Gasteiger partial charge in [-0.1, -0.05) is 0 Å². The van der Waals surface area contributed by atoms with Gasteiger partial charge in [0.2, 0.25) is 0 Å². The molecule has 5 rings (SSSR count). The largest absolute Gasteiger partial charge is 0.332 e. The third kappa shape index (κ3) is 3.22. The zero-order valence-corrected chi connectivity index (χ0v) is 16.4. The first kappa shape index (κ1) is 19.2. The molecule has 0 radical (unpaired) electrons. The van der Waals surface area contributed by atoms with Gasteiger partial charge in [-0.2, -0.15) is 5.10 Å². The van der Waals surface area contributed by atoms with E-state index in [2.05, 4.69) is 15.1 Å². The zero-order valence-electron chi connectivity index (χ0n) is 16.4. The number of hydrogen-bond acceptors (Lipinski definition) is 4. The molecule has 0 N–H and O–H groups in total. The van der Waals surface area contributed by atoms with Crippen LogP contribution in [0.5, 0.6) is 0 Å². The quantitative estimate of drug-likeness (QED) is 0.462. The number of aromatic nitrogens is 4. The Labute approximate surface area is 175 Å². The monoisotopic (exact) mass is 423 g/mol. The van der Waals surface area contributed by atoms with Crippen molar-refractivity contribution in [2.24, 2.45) is 7.05 Å². The predicted octanol–water partition coefficient (Wildman–Crippen LogP) is 3.65. The van der Waals surface area contributed by atoms with Crippen molar-refractivity contribution in [3.8, 4) is 11.3 Å². The number of carbonyl (C=O) groups excluding carboxylic acids is 1. The molecule has 0 unspecified atom stereocenters. The van der Waals surface area contributed by atoms with Gasteiger partial charge in [-0.3, -0.25) is 19.4 Å². The van der Waals surface area contributed by atoms with Crippen molar-refractivity contribution < 1.29 is 18.0 Å². The standard InChI is InChI=1S/C22H16F3N5O/c1-29-21(13-8-15(23)20(25)16(24)9-13)14-4-7-30(11-19(14)28-29)22(31)12-2-3-17-18(10-12)27-6-5-26-17/h2-3,5-6,8-10H,4,7,11H2,1H3. The van der Waals surface area contributed by atoms with E-state index >= 15 is 0 Å². The van der Waals surface area contributed by atoms with Crippen molar-refractivity contribution in [3.63, 3.8) is 0 Å². The second-order valence-electron chi connectivity index (χ2n) is 7.39. The highest BCUT2D eigenvalue weighted by Crippen LogP contribution is 2.32. The molecule has 0 aliphatic carbocycles. The Hall–Kier alpha value is -3.75. The van der Waals surface area contributed by atoms with E-state index in [1.807, 2.05) is 0 Å². The van der Waals surface area contributed by atoms with Gasteiger partial charge in [0, 0.05) is 42.7 Å². The predicted molar refractivity (Wildman–Crippen MR) is 107 cm³/mol. The topological polar surface area (TPSA) is 63.9 Å². The van der Waals surface area contributed by atoms with Crippen molar-refractivity contribution in [3.05, 3.63) is 77.0 Å². The number of nitrogens with zero attached hydrogens (tertiary/aromatic N) is 5. The number of carbonyl (C=O) groups is 1. The Kier molecular flexibility index (Phi) is 4.46. The molecule has 0 atom stereocenters. The number of rotatable bonds is 2. The lowest BCUT2D eigenvalue weighted by molar-refractivity contribution is 0.0732. The summed E-state index contributed by atoms with van der Waals surface area (Å²) in [5.41, 5.74) is 3.99. The van der Waals surface area contributed by atoms with Gasteiger partial charge >= 0.3 is 0 Å². The van der Waals surface area contributed by atoms with E-state index in [-0.39, 0.29) is 18.0 Å². The summed E-state index contributed by atoms with van der Waals surface area (Å²) in [4.78, 5) is 23.2.